The summed E-state index contributed by atoms with van der Waals surface area (Å²) in [7, 11) is 4.99. The minimum Gasteiger partial charge on any atom is -0.351 e. The van der Waals surface area contributed by atoms with Crippen molar-refractivity contribution in [2.45, 2.75) is 6.54 Å². The summed E-state index contributed by atoms with van der Waals surface area (Å²) in [5, 5.41) is 0.597. The summed E-state index contributed by atoms with van der Waals surface area (Å²) in [6, 6.07) is 1.33. The molecule has 0 saturated carbocycles. The van der Waals surface area contributed by atoms with Gasteiger partial charge in [-0.2, -0.15) is 0 Å². The second-order valence-corrected chi connectivity index (χ2v) is 5.57. The van der Waals surface area contributed by atoms with Crippen molar-refractivity contribution in [3.05, 3.63) is 23.0 Å². The van der Waals surface area contributed by atoms with Crippen molar-refractivity contribution < 1.29 is 14.4 Å². The lowest BCUT2D eigenvalue weighted by molar-refractivity contribution is -0.136. The fraction of sp³-hybridized carbons (Fsp3) is 0.462. The average Bonchev–Trinajstić information content (AvgIpc) is 2.83. The van der Waals surface area contributed by atoms with Gasteiger partial charge in [-0.25, -0.2) is 4.79 Å². The number of amides is 4. The predicted octanol–water partition coefficient (Wildman–Crippen LogP) is 0.531. The van der Waals surface area contributed by atoms with Crippen LogP contribution in [0.4, 0.5) is 4.79 Å². The van der Waals surface area contributed by atoms with E-state index in [9.17, 15) is 14.4 Å². The molecule has 1 aliphatic rings. The highest BCUT2D eigenvalue weighted by Gasteiger charge is 2.35. The highest BCUT2D eigenvalue weighted by molar-refractivity contribution is 6.30. The van der Waals surface area contributed by atoms with E-state index in [2.05, 4.69) is 0 Å². The van der Waals surface area contributed by atoms with Crippen LogP contribution >= 0.6 is 11.6 Å². The van der Waals surface area contributed by atoms with Gasteiger partial charge >= 0.3 is 6.03 Å². The van der Waals surface area contributed by atoms with E-state index in [0.29, 0.717) is 11.6 Å². The molecule has 0 spiro atoms. The third-order valence-electron chi connectivity index (χ3n) is 3.42. The maximum atomic E-state index is 12.1. The molecule has 0 radical (unpaired) electrons. The SMILES string of the molecule is CN(Cc1cc(Cl)cn1C)C(=O)CN1C(=O)CN(C)C1=O. The van der Waals surface area contributed by atoms with Gasteiger partial charge < -0.3 is 14.4 Å². The van der Waals surface area contributed by atoms with E-state index in [1.807, 2.05) is 11.6 Å². The molecule has 1 aromatic rings. The normalized spacial score (nSPS) is 15.0. The monoisotopic (exact) mass is 312 g/mol. The summed E-state index contributed by atoms with van der Waals surface area (Å²) < 4.78 is 1.83. The molecule has 1 saturated heterocycles. The van der Waals surface area contributed by atoms with Crippen LogP contribution in [0.3, 0.4) is 0 Å². The second kappa shape index (κ2) is 5.77. The van der Waals surface area contributed by atoms with Gasteiger partial charge in [-0.05, 0) is 6.07 Å². The van der Waals surface area contributed by atoms with E-state index in [4.69, 9.17) is 11.6 Å². The van der Waals surface area contributed by atoms with E-state index in [-0.39, 0.29) is 24.9 Å². The molecule has 2 heterocycles. The van der Waals surface area contributed by atoms with E-state index in [1.165, 1.54) is 16.8 Å². The number of carbonyl (C=O) groups excluding carboxylic acids is 3. The van der Waals surface area contributed by atoms with E-state index in [0.717, 1.165) is 10.6 Å². The lowest BCUT2D eigenvalue weighted by Crippen LogP contribution is -2.41. The molecule has 0 N–H and O–H groups in total. The van der Waals surface area contributed by atoms with Crippen LogP contribution in [0.2, 0.25) is 5.02 Å². The van der Waals surface area contributed by atoms with Crippen molar-refractivity contribution in [3.8, 4) is 0 Å². The molecule has 2 rings (SSSR count). The summed E-state index contributed by atoms with van der Waals surface area (Å²) in [5.41, 5.74) is 0.868. The number of imide groups is 1. The maximum Gasteiger partial charge on any atom is 0.327 e. The Hall–Kier alpha value is -2.02. The first-order chi connectivity index (χ1) is 9.79. The zero-order valence-electron chi connectivity index (χ0n) is 12.2. The van der Waals surface area contributed by atoms with Crippen LogP contribution in [0.25, 0.3) is 0 Å². The summed E-state index contributed by atoms with van der Waals surface area (Å²) in [6.45, 7) is 0.133. The van der Waals surface area contributed by atoms with Crippen molar-refractivity contribution in [1.82, 2.24) is 19.3 Å². The molecular formula is C13H17ClN4O3. The summed E-state index contributed by atoms with van der Waals surface area (Å²) >= 11 is 5.89. The molecule has 1 fully saturated rings. The molecule has 8 heteroatoms. The Balaban J connectivity index is 1.98. The molecule has 0 aliphatic carbocycles. The molecule has 1 aliphatic heterocycles. The predicted molar refractivity (Wildman–Crippen MR) is 76.6 cm³/mol. The number of hydrogen-bond donors (Lipinski definition) is 0. The molecule has 0 atom stereocenters. The van der Waals surface area contributed by atoms with Crippen molar-refractivity contribution >= 4 is 29.4 Å². The van der Waals surface area contributed by atoms with E-state index in [1.54, 1.807) is 19.3 Å². The van der Waals surface area contributed by atoms with Crippen molar-refractivity contribution in [2.75, 3.05) is 27.2 Å². The fourth-order valence-corrected chi connectivity index (χ4v) is 2.41. The van der Waals surface area contributed by atoms with Crippen molar-refractivity contribution in [3.63, 3.8) is 0 Å². The molecule has 21 heavy (non-hydrogen) atoms. The molecule has 0 aromatic carbocycles. The van der Waals surface area contributed by atoms with E-state index >= 15 is 0 Å². The number of halogens is 1. The number of urea groups is 1. The molecular weight excluding hydrogens is 296 g/mol. The first kappa shape index (κ1) is 15.4. The van der Waals surface area contributed by atoms with Crippen LogP contribution in [0.1, 0.15) is 5.69 Å². The standard InChI is InChI=1S/C13H17ClN4O3/c1-15-5-9(14)4-10(15)6-16(2)11(19)8-18-12(20)7-17(3)13(18)21/h4-5H,6-8H2,1-3H3. The van der Waals surface area contributed by atoms with Crippen LogP contribution in [-0.4, -0.2) is 64.3 Å². The van der Waals surface area contributed by atoms with Gasteiger partial charge in [0.05, 0.1) is 11.6 Å². The number of nitrogens with zero attached hydrogens (tertiary/aromatic N) is 4. The van der Waals surface area contributed by atoms with Crippen LogP contribution < -0.4 is 0 Å². The molecule has 1 aromatic heterocycles. The Kier molecular flexibility index (Phi) is 4.22. The first-order valence-electron chi connectivity index (χ1n) is 6.39. The highest BCUT2D eigenvalue weighted by atomic mass is 35.5. The maximum absolute atomic E-state index is 12.1. The summed E-state index contributed by atoms with van der Waals surface area (Å²) in [5.74, 6) is -0.657. The third-order valence-corrected chi connectivity index (χ3v) is 3.63. The zero-order valence-corrected chi connectivity index (χ0v) is 12.9. The number of aromatic nitrogens is 1. The molecule has 0 unspecified atom stereocenters. The Morgan fingerprint density at radius 3 is 2.52 bits per heavy atom. The van der Waals surface area contributed by atoms with Crippen LogP contribution in [0, 0.1) is 0 Å². The number of aryl methyl sites for hydroxylation is 1. The number of hydrogen-bond acceptors (Lipinski definition) is 3. The van der Waals surface area contributed by atoms with E-state index < -0.39 is 6.03 Å². The Morgan fingerprint density at radius 1 is 1.38 bits per heavy atom. The topological polar surface area (TPSA) is 65.9 Å². The Morgan fingerprint density at radius 2 is 2.05 bits per heavy atom. The molecule has 4 amide bonds. The highest BCUT2D eigenvalue weighted by Crippen LogP contribution is 2.14. The van der Waals surface area contributed by atoms with Gasteiger partial charge in [0, 0.05) is 33.0 Å². The first-order valence-corrected chi connectivity index (χ1v) is 6.77. The number of carbonyl (C=O) groups is 3. The molecule has 0 bridgehead atoms. The zero-order chi connectivity index (χ0) is 15.7. The number of rotatable bonds is 4. The minimum absolute atomic E-state index is 0.0171. The van der Waals surface area contributed by atoms with Gasteiger partial charge in [0.1, 0.15) is 13.1 Å². The number of likely N-dealkylation sites (N-methyl/N-ethyl adjacent to an activating group) is 2. The largest absolute Gasteiger partial charge is 0.351 e. The Labute approximate surface area is 127 Å². The van der Waals surface area contributed by atoms with Crippen molar-refractivity contribution in [2.24, 2.45) is 7.05 Å². The second-order valence-electron chi connectivity index (χ2n) is 5.13. The van der Waals surface area contributed by atoms with Gasteiger partial charge in [0.25, 0.3) is 5.91 Å². The van der Waals surface area contributed by atoms with Crippen LogP contribution in [0.5, 0.6) is 0 Å². The van der Waals surface area contributed by atoms with Gasteiger partial charge in [-0.3, -0.25) is 14.5 Å². The van der Waals surface area contributed by atoms with Crippen LogP contribution in [0.15, 0.2) is 12.3 Å². The van der Waals surface area contributed by atoms with Gasteiger partial charge in [0.15, 0.2) is 0 Å². The lowest BCUT2D eigenvalue weighted by Gasteiger charge is -2.20. The molecule has 114 valence electrons. The lowest BCUT2D eigenvalue weighted by atomic mass is 10.3. The third kappa shape index (κ3) is 3.18. The van der Waals surface area contributed by atoms with Crippen LogP contribution in [-0.2, 0) is 23.2 Å². The average molecular weight is 313 g/mol. The van der Waals surface area contributed by atoms with Gasteiger partial charge in [0.2, 0.25) is 5.91 Å². The quantitative estimate of drug-likeness (QED) is 0.762. The summed E-state index contributed by atoms with van der Waals surface area (Å²) in [6.07, 6.45) is 1.75. The van der Waals surface area contributed by atoms with Crippen molar-refractivity contribution in [1.29, 1.82) is 0 Å². The fourth-order valence-electron chi connectivity index (χ4n) is 2.13. The minimum atomic E-state index is -0.441. The van der Waals surface area contributed by atoms with Gasteiger partial charge in [-0.15, -0.1) is 0 Å². The summed E-state index contributed by atoms with van der Waals surface area (Å²) in [4.78, 5) is 39.2. The smallest absolute Gasteiger partial charge is 0.327 e. The Bertz CT molecular complexity index is 598. The van der Waals surface area contributed by atoms with Gasteiger partial charge in [-0.1, -0.05) is 11.6 Å². The molecule has 7 nitrogen and oxygen atoms in total.